The number of hydrogen-bond donors (Lipinski definition) is 1. The maximum Gasteiger partial charge on any atom is 0.0662 e. The van der Waals surface area contributed by atoms with Crippen LogP contribution in [0.25, 0.3) is 0 Å². The molecule has 100 valence electrons. The van der Waals surface area contributed by atoms with Crippen LogP contribution in [0.4, 0.5) is 0 Å². The minimum Gasteiger partial charge on any atom is -0.374 e. The third-order valence-electron chi connectivity index (χ3n) is 5.10. The first-order valence-corrected chi connectivity index (χ1v) is 7.59. The summed E-state index contributed by atoms with van der Waals surface area (Å²) in [6, 6.07) is 0.672. The Morgan fingerprint density at radius 3 is 2.47 bits per heavy atom. The van der Waals surface area contributed by atoms with Crippen LogP contribution >= 0.6 is 0 Å². The van der Waals surface area contributed by atoms with Gasteiger partial charge in [-0.3, -0.25) is 0 Å². The molecule has 2 nitrogen and oxygen atoms in total. The number of rotatable bonds is 5. The summed E-state index contributed by atoms with van der Waals surface area (Å²) in [5.41, 5.74) is 0.369. The van der Waals surface area contributed by atoms with Crippen LogP contribution in [0.3, 0.4) is 0 Å². The summed E-state index contributed by atoms with van der Waals surface area (Å²) in [6.45, 7) is 7.99. The molecule has 3 unspecified atom stereocenters. The van der Waals surface area contributed by atoms with Crippen LogP contribution in [-0.2, 0) is 4.74 Å². The molecule has 1 N–H and O–H groups in total. The molecule has 0 aliphatic heterocycles. The summed E-state index contributed by atoms with van der Waals surface area (Å²) in [5.74, 6) is 0. The maximum atomic E-state index is 6.37. The highest BCUT2D eigenvalue weighted by atomic mass is 16.5. The van der Waals surface area contributed by atoms with Crippen molar-refractivity contribution in [3.05, 3.63) is 0 Å². The largest absolute Gasteiger partial charge is 0.374 e. The Kier molecular flexibility index (Phi) is 4.48. The Bertz CT molecular complexity index is 237. The third-order valence-corrected chi connectivity index (χ3v) is 5.10. The Balaban J connectivity index is 1.85. The van der Waals surface area contributed by atoms with Gasteiger partial charge in [-0.15, -0.1) is 0 Å². The van der Waals surface area contributed by atoms with Gasteiger partial charge in [0.2, 0.25) is 0 Å². The van der Waals surface area contributed by atoms with Gasteiger partial charge in [0.05, 0.1) is 12.2 Å². The van der Waals surface area contributed by atoms with Crippen molar-refractivity contribution in [3.63, 3.8) is 0 Å². The van der Waals surface area contributed by atoms with E-state index in [0.29, 0.717) is 23.7 Å². The fourth-order valence-corrected chi connectivity index (χ4v) is 3.50. The molecule has 3 atom stereocenters. The van der Waals surface area contributed by atoms with E-state index < -0.39 is 0 Å². The molecular weight excluding hydrogens is 210 g/mol. The Hall–Kier alpha value is -0.0800. The molecule has 2 rings (SSSR count). The van der Waals surface area contributed by atoms with Gasteiger partial charge in [-0.1, -0.05) is 40.0 Å². The summed E-state index contributed by atoms with van der Waals surface area (Å²) in [5, 5.41) is 3.61. The first-order chi connectivity index (χ1) is 8.20. The molecular formula is C15H29NO. The smallest absolute Gasteiger partial charge is 0.0662 e. The lowest BCUT2D eigenvalue weighted by Gasteiger charge is -2.55. The molecule has 0 bridgehead atoms. The topological polar surface area (TPSA) is 21.3 Å². The molecule has 0 heterocycles. The van der Waals surface area contributed by atoms with E-state index in [0.717, 1.165) is 6.54 Å². The zero-order valence-corrected chi connectivity index (χ0v) is 11.8. The van der Waals surface area contributed by atoms with Crippen LogP contribution in [0.5, 0.6) is 0 Å². The van der Waals surface area contributed by atoms with E-state index in [4.69, 9.17) is 4.74 Å². The average molecular weight is 239 g/mol. The third kappa shape index (κ3) is 2.68. The van der Waals surface area contributed by atoms with Gasteiger partial charge in [0, 0.05) is 11.5 Å². The van der Waals surface area contributed by atoms with E-state index in [1.165, 1.54) is 44.9 Å². The predicted molar refractivity (Wildman–Crippen MR) is 72.2 cm³/mol. The maximum absolute atomic E-state index is 6.37. The lowest BCUT2D eigenvalue weighted by atomic mass is 9.61. The van der Waals surface area contributed by atoms with Crippen molar-refractivity contribution in [1.82, 2.24) is 5.32 Å². The number of nitrogens with one attached hydrogen (secondary N) is 1. The lowest BCUT2D eigenvalue weighted by molar-refractivity contribution is -0.162. The average Bonchev–Trinajstić information content (AvgIpc) is 2.38. The molecule has 0 aromatic carbocycles. The fraction of sp³-hybridized carbons (Fsp3) is 1.00. The molecule has 2 aliphatic carbocycles. The highest BCUT2D eigenvalue weighted by molar-refractivity contribution is 5.05. The highest BCUT2D eigenvalue weighted by Gasteiger charge is 2.51. The van der Waals surface area contributed by atoms with E-state index in [-0.39, 0.29) is 0 Å². The van der Waals surface area contributed by atoms with E-state index in [9.17, 15) is 0 Å². The van der Waals surface area contributed by atoms with Crippen molar-refractivity contribution in [2.75, 3.05) is 6.54 Å². The molecule has 0 radical (unpaired) electrons. The van der Waals surface area contributed by atoms with E-state index in [2.05, 4.69) is 26.1 Å². The Morgan fingerprint density at radius 1 is 1.18 bits per heavy atom. The Labute approximate surface area is 107 Å². The molecule has 0 spiro atoms. The quantitative estimate of drug-likeness (QED) is 0.793. The minimum absolute atomic E-state index is 0.369. The van der Waals surface area contributed by atoms with Crippen molar-refractivity contribution in [3.8, 4) is 0 Å². The van der Waals surface area contributed by atoms with Crippen molar-refractivity contribution >= 4 is 0 Å². The summed E-state index contributed by atoms with van der Waals surface area (Å²) in [7, 11) is 0. The first-order valence-electron chi connectivity index (χ1n) is 7.59. The van der Waals surface area contributed by atoms with Gasteiger partial charge in [0.1, 0.15) is 0 Å². The van der Waals surface area contributed by atoms with Crippen LogP contribution in [0, 0.1) is 5.41 Å². The van der Waals surface area contributed by atoms with Gasteiger partial charge >= 0.3 is 0 Å². The molecule has 17 heavy (non-hydrogen) atoms. The second-order valence-corrected chi connectivity index (χ2v) is 6.09. The predicted octanol–water partition coefficient (Wildman–Crippen LogP) is 3.50. The minimum atomic E-state index is 0.369. The molecule has 2 heteroatoms. The molecule has 0 aromatic heterocycles. The van der Waals surface area contributed by atoms with E-state index >= 15 is 0 Å². The molecule has 2 fully saturated rings. The lowest BCUT2D eigenvalue weighted by Crippen LogP contribution is -2.62. The van der Waals surface area contributed by atoms with E-state index in [1.54, 1.807) is 0 Å². The van der Waals surface area contributed by atoms with E-state index in [1.807, 2.05) is 0 Å². The summed E-state index contributed by atoms with van der Waals surface area (Å²) in [4.78, 5) is 0. The first kappa shape index (κ1) is 13.4. The summed E-state index contributed by atoms with van der Waals surface area (Å²) in [6.07, 6.45) is 10.2. The van der Waals surface area contributed by atoms with Gasteiger partial charge in [0.25, 0.3) is 0 Å². The van der Waals surface area contributed by atoms with Crippen LogP contribution in [0.15, 0.2) is 0 Å². The van der Waals surface area contributed by atoms with Crippen molar-refractivity contribution < 1.29 is 4.74 Å². The SMILES string of the molecule is CCNC1CC(OC2CCCCC2)C1(C)CC. The normalized spacial score (nSPS) is 39.0. The Morgan fingerprint density at radius 2 is 1.88 bits per heavy atom. The van der Waals surface area contributed by atoms with Crippen molar-refractivity contribution in [2.45, 2.75) is 84.0 Å². The zero-order valence-electron chi connectivity index (χ0n) is 11.8. The van der Waals surface area contributed by atoms with Crippen LogP contribution < -0.4 is 5.32 Å². The van der Waals surface area contributed by atoms with Crippen LogP contribution in [0.2, 0.25) is 0 Å². The molecule has 0 amide bonds. The fourth-order valence-electron chi connectivity index (χ4n) is 3.50. The van der Waals surface area contributed by atoms with Gasteiger partial charge in [-0.25, -0.2) is 0 Å². The number of hydrogen-bond acceptors (Lipinski definition) is 2. The van der Waals surface area contributed by atoms with Crippen LogP contribution in [-0.4, -0.2) is 24.8 Å². The standard InChI is InChI=1S/C15H29NO/c1-4-15(3)13(16-5-2)11-14(15)17-12-9-7-6-8-10-12/h12-14,16H,4-11H2,1-3H3. The van der Waals surface area contributed by atoms with Crippen LogP contribution in [0.1, 0.15) is 65.7 Å². The summed E-state index contributed by atoms with van der Waals surface area (Å²) >= 11 is 0. The molecule has 2 aliphatic rings. The van der Waals surface area contributed by atoms with Crippen molar-refractivity contribution in [2.24, 2.45) is 5.41 Å². The van der Waals surface area contributed by atoms with Gasteiger partial charge in [-0.2, -0.15) is 0 Å². The second kappa shape index (κ2) is 5.71. The van der Waals surface area contributed by atoms with Gasteiger partial charge in [-0.05, 0) is 32.2 Å². The second-order valence-electron chi connectivity index (χ2n) is 6.09. The highest BCUT2D eigenvalue weighted by Crippen LogP contribution is 2.47. The van der Waals surface area contributed by atoms with Crippen molar-refractivity contribution in [1.29, 1.82) is 0 Å². The molecule has 2 saturated carbocycles. The monoisotopic (exact) mass is 239 g/mol. The summed E-state index contributed by atoms with van der Waals surface area (Å²) < 4.78 is 6.37. The molecule has 0 saturated heterocycles. The van der Waals surface area contributed by atoms with Gasteiger partial charge in [0.15, 0.2) is 0 Å². The zero-order chi connectivity index (χ0) is 12.3. The van der Waals surface area contributed by atoms with Gasteiger partial charge < -0.3 is 10.1 Å². The number of ether oxygens (including phenoxy) is 1. The molecule has 0 aromatic rings.